The maximum absolute atomic E-state index is 11.7. The van der Waals surface area contributed by atoms with Crippen LogP contribution in [0.2, 0.25) is 0 Å². The molecule has 0 aliphatic carbocycles. The molecule has 0 saturated heterocycles. The zero-order valence-corrected chi connectivity index (χ0v) is 11.6. The third-order valence-electron chi connectivity index (χ3n) is 3.45. The molecule has 0 fully saturated rings. The number of ether oxygens (including phenoxy) is 1. The van der Waals surface area contributed by atoms with E-state index in [9.17, 15) is 9.90 Å². The number of carbonyl (C=O) groups is 1. The molecule has 5 nitrogen and oxygen atoms in total. The van der Waals surface area contributed by atoms with Crippen molar-refractivity contribution in [3.8, 4) is 0 Å². The van der Waals surface area contributed by atoms with Crippen molar-refractivity contribution in [2.75, 3.05) is 43.7 Å². The average molecular weight is 264 g/mol. The lowest BCUT2D eigenvalue weighted by Crippen LogP contribution is -2.24. The fourth-order valence-corrected chi connectivity index (χ4v) is 2.20. The Morgan fingerprint density at radius 3 is 2.89 bits per heavy atom. The van der Waals surface area contributed by atoms with E-state index in [1.54, 1.807) is 7.05 Å². The minimum Gasteiger partial charge on any atom is -0.380 e. The molecule has 0 radical (unpaired) electrons. The maximum atomic E-state index is 11.7. The first kappa shape index (κ1) is 13.8. The molecule has 0 bridgehead atoms. The smallest absolute Gasteiger partial charge is 0.260 e. The van der Waals surface area contributed by atoms with Crippen molar-refractivity contribution in [3.63, 3.8) is 0 Å². The van der Waals surface area contributed by atoms with Crippen LogP contribution in [0.3, 0.4) is 0 Å². The summed E-state index contributed by atoms with van der Waals surface area (Å²) in [5.41, 5.74) is 2.46. The molecule has 1 aliphatic rings. The summed E-state index contributed by atoms with van der Waals surface area (Å²) >= 11 is 0. The van der Waals surface area contributed by atoms with E-state index in [0.29, 0.717) is 18.8 Å². The van der Waals surface area contributed by atoms with Gasteiger partial charge in [0, 0.05) is 38.5 Å². The summed E-state index contributed by atoms with van der Waals surface area (Å²) in [6.45, 7) is 4.13. The SMILES string of the molecule is CCOCCN(C)c1ccc2c(c1)N(C)C(=O)C2O. The summed E-state index contributed by atoms with van der Waals surface area (Å²) in [5, 5.41) is 9.80. The third kappa shape index (κ3) is 2.57. The number of benzene rings is 1. The van der Waals surface area contributed by atoms with Gasteiger partial charge in [-0.05, 0) is 19.1 Å². The topological polar surface area (TPSA) is 53.0 Å². The molecule has 1 aromatic rings. The Morgan fingerprint density at radius 1 is 1.47 bits per heavy atom. The Balaban J connectivity index is 2.16. The molecule has 104 valence electrons. The Labute approximate surface area is 113 Å². The molecular formula is C14H20N2O3. The highest BCUT2D eigenvalue weighted by molar-refractivity contribution is 6.03. The number of fused-ring (bicyclic) bond motifs is 1. The molecule has 0 saturated carbocycles. The number of carbonyl (C=O) groups excluding carboxylic acids is 1. The third-order valence-corrected chi connectivity index (χ3v) is 3.45. The van der Waals surface area contributed by atoms with Gasteiger partial charge in [0.15, 0.2) is 6.10 Å². The Morgan fingerprint density at radius 2 is 2.21 bits per heavy atom. The van der Waals surface area contributed by atoms with Gasteiger partial charge in [-0.25, -0.2) is 0 Å². The van der Waals surface area contributed by atoms with Crippen LogP contribution in [0.5, 0.6) is 0 Å². The van der Waals surface area contributed by atoms with Crippen molar-refractivity contribution >= 4 is 17.3 Å². The number of amides is 1. The van der Waals surface area contributed by atoms with Gasteiger partial charge in [-0.1, -0.05) is 6.07 Å². The number of hydrogen-bond donors (Lipinski definition) is 1. The molecule has 1 amide bonds. The predicted molar refractivity (Wildman–Crippen MR) is 74.6 cm³/mol. The van der Waals surface area contributed by atoms with E-state index < -0.39 is 6.10 Å². The standard InChI is InChI=1S/C14H20N2O3/c1-4-19-8-7-15(2)10-5-6-11-12(9-10)16(3)14(18)13(11)17/h5-6,9,13,17H,4,7-8H2,1-3H3. The van der Waals surface area contributed by atoms with Crippen molar-refractivity contribution in [1.82, 2.24) is 0 Å². The highest BCUT2D eigenvalue weighted by Gasteiger charge is 2.33. The summed E-state index contributed by atoms with van der Waals surface area (Å²) in [6, 6.07) is 5.66. The molecule has 0 spiro atoms. The molecular weight excluding hydrogens is 244 g/mol. The first-order valence-corrected chi connectivity index (χ1v) is 6.44. The predicted octanol–water partition coefficient (Wildman–Crippen LogP) is 1.17. The van der Waals surface area contributed by atoms with E-state index in [1.807, 2.05) is 32.2 Å². The van der Waals surface area contributed by atoms with Crippen molar-refractivity contribution in [3.05, 3.63) is 23.8 Å². The van der Waals surface area contributed by atoms with Crippen LogP contribution < -0.4 is 9.80 Å². The fourth-order valence-electron chi connectivity index (χ4n) is 2.20. The van der Waals surface area contributed by atoms with E-state index >= 15 is 0 Å². The number of anilines is 2. The molecule has 1 heterocycles. The molecule has 1 aliphatic heterocycles. The quantitative estimate of drug-likeness (QED) is 0.811. The van der Waals surface area contributed by atoms with E-state index in [4.69, 9.17) is 4.74 Å². The van der Waals surface area contributed by atoms with Crippen molar-refractivity contribution < 1.29 is 14.6 Å². The second-order valence-electron chi connectivity index (χ2n) is 4.66. The van der Waals surface area contributed by atoms with Crippen LogP contribution in [0.25, 0.3) is 0 Å². The van der Waals surface area contributed by atoms with E-state index in [0.717, 1.165) is 17.9 Å². The molecule has 19 heavy (non-hydrogen) atoms. The first-order chi connectivity index (χ1) is 9.06. The minimum atomic E-state index is -1.03. The van der Waals surface area contributed by atoms with Gasteiger partial charge in [0.05, 0.1) is 12.3 Å². The lowest BCUT2D eigenvalue weighted by molar-refractivity contribution is -0.125. The number of aliphatic hydroxyl groups excluding tert-OH is 1. The first-order valence-electron chi connectivity index (χ1n) is 6.44. The van der Waals surface area contributed by atoms with Crippen LogP contribution in [-0.4, -0.2) is 44.9 Å². The van der Waals surface area contributed by atoms with Gasteiger partial charge in [0.2, 0.25) is 0 Å². The monoisotopic (exact) mass is 264 g/mol. The molecule has 1 unspecified atom stereocenters. The van der Waals surface area contributed by atoms with Crippen LogP contribution in [0, 0.1) is 0 Å². The Kier molecular flexibility index (Phi) is 4.07. The lowest BCUT2D eigenvalue weighted by atomic mass is 10.1. The molecule has 1 atom stereocenters. The average Bonchev–Trinajstić information content (AvgIpc) is 2.64. The summed E-state index contributed by atoms with van der Waals surface area (Å²) in [7, 11) is 3.66. The Bertz CT molecular complexity index is 476. The molecule has 1 N–H and O–H groups in total. The van der Waals surface area contributed by atoms with E-state index in [1.165, 1.54) is 4.90 Å². The van der Waals surface area contributed by atoms with Crippen molar-refractivity contribution in [2.45, 2.75) is 13.0 Å². The summed E-state index contributed by atoms with van der Waals surface area (Å²) in [5.74, 6) is -0.274. The minimum absolute atomic E-state index is 0.274. The number of hydrogen-bond acceptors (Lipinski definition) is 4. The van der Waals surface area contributed by atoms with Gasteiger partial charge in [-0.15, -0.1) is 0 Å². The zero-order chi connectivity index (χ0) is 14.0. The number of rotatable bonds is 5. The number of aliphatic hydroxyl groups is 1. The summed E-state index contributed by atoms with van der Waals surface area (Å²) in [6.07, 6.45) is -1.03. The van der Waals surface area contributed by atoms with Gasteiger partial charge in [0.25, 0.3) is 5.91 Å². The Hall–Kier alpha value is -1.59. The lowest BCUT2D eigenvalue weighted by Gasteiger charge is -2.21. The van der Waals surface area contributed by atoms with Gasteiger partial charge >= 0.3 is 0 Å². The molecule has 2 rings (SSSR count). The van der Waals surface area contributed by atoms with Crippen LogP contribution in [0.15, 0.2) is 18.2 Å². The number of likely N-dealkylation sites (N-methyl/N-ethyl adjacent to an activating group) is 2. The van der Waals surface area contributed by atoms with Crippen LogP contribution in [0.4, 0.5) is 11.4 Å². The highest BCUT2D eigenvalue weighted by atomic mass is 16.5. The maximum Gasteiger partial charge on any atom is 0.260 e. The second kappa shape index (κ2) is 5.59. The second-order valence-corrected chi connectivity index (χ2v) is 4.66. The van der Waals surface area contributed by atoms with Gasteiger partial charge < -0.3 is 19.6 Å². The van der Waals surface area contributed by atoms with Gasteiger partial charge in [0.1, 0.15) is 0 Å². The van der Waals surface area contributed by atoms with Gasteiger partial charge in [-0.2, -0.15) is 0 Å². The zero-order valence-electron chi connectivity index (χ0n) is 11.6. The van der Waals surface area contributed by atoms with Crippen LogP contribution >= 0.6 is 0 Å². The van der Waals surface area contributed by atoms with Crippen LogP contribution in [0.1, 0.15) is 18.6 Å². The molecule has 0 aromatic heterocycles. The highest BCUT2D eigenvalue weighted by Crippen LogP contribution is 2.37. The van der Waals surface area contributed by atoms with E-state index in [-0.39, 0.29) is 5.91 Å². The normalized spacial score (nSPS) is 17.8. The number of nitrogens with zero attached hydrogens (tertiary/aromatic N) is 2. The summed E-state index contributed by atoms with van der Waals surface area (Å²) < 4.78 is 5.33. The van der Waals surface area contributed by atoms with Crippen LogP contribution in [-0.2, 0) is 9.53 Å². The largest absolute Gasteiger partial charge is 0.380 e. The molecule has 5 heteroatoms. The van der Waals surface area contributed by atoms with Crippen molar-refractivity contribution in [1.29, 1.82) is 0 Å². The molecule has 1 aromatic carbocycles. The van der Waals surface area contributed by atoms with Gasteiger partial charge in [-0.3, -0.25) is 4.79 Å². The fraction of sp³-hybridized carbons (Fsp3) is 0.500. The van der Waals surface area contributed by atoms with Crippen molar-refractivity contribution in [2.24, 2.45) is 0 Å². The van der Waals surface area contributed by atoms with E-state index in [2.05, 4.69) is 4.90 Å². The summed E-state index contributed by atoms with van der Waals surface area (Å²) in [4.78, 5) is 15.3.